The van der Waals surface area contributed by atoms with Crippen LogP contribution >= 0.6 is 23.2 Å². The predicted octanol–water partition coefficient (Wildman–Crippen LogP) is 2.89. The highest BCUT2D eigenvalue weighted by Crippen LogP contribution is 2.29. The van der Waals surface area contributed by atoms with Gasteiger partial charge in [-0.15, -0.1) is 0 Å². The van der Waals surface area contributed by atoms with Crippen molar-refractivity contribution in [1.29, 1.82) is 0 Å². The molecule has 17 heavy (non-hydrogen) atoms. The fourth-order valence-electron chi connectivity index (χ4n) is 1.25. The number of amides is 2. The summed E-state index contributed by atoms with van der Waals surface area (Å²) >= 11 is 11.7. The molecule has 6 heteroatoms. The second-order valence-electron chi connectivity index (χ2n) is 3.61. The van der Waals surface area contributed by atoms with Crippen molar-refractivity contribution in [3.63, 3.8) is 0 Å². The van der Waals surface area contributed by atoms with Gasteiger partial charge < -0.3 is 15.7 Å². The van der Waals surface area contributed by atoms with Crippen molar-refractivity contribution in [3.8, 4) is 0 Å². The van der Waals surface area contributed by atoms with E-state index in [-0.39, 0.29) is 18.7 Å². The first kappa shape index (κ1) is 14.1. The second-order valence-corrected chi connectivity index (χ2v) is 4.40. The average Bonchev–Trinajstić information content (AvgIpc) is 2.25. The van der Waals surface area contributed by atoms with Crippen molar-refractivity contribution in [3.05, 3.63) is 28.2 Å². The molecule has 0 saturated heterocycles. The molecule has 3 N–H and O–H groups in total. The van der Waals surface area contributed by atoms with E-state index in [2.05, 4.69) is 10.6 Å². The Hall–Kier alpha value is -0.970. The van der Waals surface area contributed by atoms with Gasteiger partial charge in [0, 0.05) is 12.6 Å². The van der Waals surface area contributed by atoms with Crippen LogP contribution in [-0.4, -0.2) is 23.8 Å². The Morgan fingerprint density at radius 1 is 1.47 bits per heavy atom. The van der Waals surface area contributed by atoms with Crippen molar-refractivity contribution in [1.82, 2.24) is 5.32 Å². The first-order valence-corrected chi connectivity index (χ1v) is 5.92. The molecule has 1 aromatic carbocycles. The minimum absolute atomic E-state index is 0.0272. The van der Waals surface area contributed by atoms with Crippen LogP contribution in [0.5, 0.6) is 0 Å². The number of anilines is 1. The van der Waals surface area contributed by atoms with Gasteiger partial charge in [-0.25, -0.2) is 4.79 Å². The Morgan fingerprint density at radius 3 is 2.82 bits per heavy atom. The third-order valence-electron chi connectivity index (χ3n) is 2.14. The van der Waals surface area contributed by atoms with E-state index >= 15 is 0 Å². The Kier molecular flexibility index (Phi) is 5.55. The summed E-state index contributed by atoms with van der Waals surface area (Å²) in [7, 11) is 0. The van der Waals surface area contributed by atoms with Crippen LogP contribution in [0, 0.1) is 0 Å². The van der Waals surface area contributed by atoms with Gasteiger partial charge in [0.1, 0.15) is 0 Å². The van der Waals surface area contributed by atoms with Gasteiger partial charge in [-0.05, 0) is 25.5 Å². The molecule has 0 spiro atoms. The molecule has 0 heterocycles. The van der Waals surface area contributed by atoms with E-state index in [4.69, 9.17) is 28.3 Å². The minimum Gasteiger partial charge on any atom is -0.396 e. The summed E-state index contributed by atoms with van der Waals surface area (Å²) in [5.41, 5.74) is 0.452. The molecule has 0 aliphatic carbocycles. The van der Waals surface area contributed by atoms with E-state index in [1.807, 2.05) is 0 Å². The number of hydrogen-bond donors (Lipinski definition) is 3. The summed E-state index contributed by atoms with van der Waals surface area (Å²) in [6.45, 7) is 1.83. The summed E-state index contributed by atoms with van der Waals surface area (Å²) in [5.74, 6) is 0. The number of nitrogens with one attached hydrogen (secondary N) is 2. The highest BCUT2D eigenvalue weighted by atomic mass is 35.5. The molecule has 1 atom stereocenters. The average molecular weight is 277 g/mol. The lowest BCUT2D eigenvalue weighted by Gasteiger charge is -2.14. The van der Waals surface area contributed by atoms with E-state index in [9.17, 15) is 4.79 Å². The van der Waals surface area contributed by atoms with Gasteiger partial charge in [-0.1, -0.05) is 29.3 Å². The smallest absolute Gasteiger partial charge is 0.319 e. The molecule has 1 rings (SSSR count). The third kappa shape index (κ3) is 4.42. The number of rotatable bonds is 4. The zero-order chi connectivity index (χ0) is 12.8. The Balaban J connectivity index is 2.59. The number of halogens is 2. The maximum Gasteiger partial charge on any atom is 0.319 e. The number of urea groups is 1. The molecule has 0 aliphatic rings. The lowest BCUT2D eigenvalue weighted by atomic mass is 10.2. The Labute approximate surface area is 110 Å². The summed E-state index contributed by atoms with van der Waals surface area (Å²) in [5, 5.41) is 14.7. The SMILES string of the molecule is C[C@H](CCO)NC(=O)Nc1cccc(Cl)c1Cl. The number of hydrogen-bond acceptors (Lipinski definition) is 2. The molecule has 0 fully saturated rings. The molecular weight excluding hydrogens is 263 g/mol. The number of carbonyl (C=O) groups excluding carboxylic acids is 1. The van der Waals surface area contributed by atoms with Gasteiger partial charge in [0.05, 0.1) is 15.7 Å². The van der Waals surface area contributed by atoms with Crippen molar-refractivity contribution in [2.24, 2.45) is 0 Å². The van der Waals surface area contributed by atoms with Gasteiger partial charge in [-0.2, -0.15) is 0 Å². The summed E-state index contributed by atoms with van der Waals surface area (Å²) in [4.78, 5) is 11.6. The van der Waals surface area contributed by atoms with Crippen LogP contribution in [0.15, 0.2) is 18.2 Å². The molecule has 0 radical (unpaired) electrons. The van der Waals surface area contributed by atoms with Crippen LogP contribution in [-0.2, 0) is 0 Å². The van der Waals surface area contributed by atoms with Crippen LogP contribution in [0.3, 0.4) is 0 Å². The maximum absolute atomic E-state index is 11.6. The molecule has 0 bridgehead atoms. The molecular formula is C11H14Cl2N2O2. The fourth-order valence-corrected chi connectivity index (χ4v) is 1.60. The monoisotopic (exact) mass is 276 g/mol. The van der Waals surface area contributed by atoms with Crippen molar-refractivity contribution in [2.75, 3.05) is 11.9 Å². The first-order chi connectivity index (χ1) is 8.04. The van der Waals surface area contributed by atoms with Gasteiger partial charge in [0.2, 0.25) is 0 Å². The number of benzene rings is 1. The molecule has 94 valence electrons. The van der Waals surface area contributed by atoms with Crippen molar-refractivity contribution >= 4 is 34.9 Å². The van der Waals surface area contributed by atoms with Crippen LogP contribution in [0.25, 0.3) is 0 Å². The maximum atomic E-state index is 11.6. The summed E-state index contributed by atoms with van der Waals surface area (Å²) < 4.78 is 0. The van der Waals surface area contributed by atoms with E-state index in [1.165, 1.54) is 0 Å². The van der Waals surface area contributed by atoms with E-state index < -0.39 is 0 Å². The zero-order valence-corrected chi connectivity index (χ0v) is 10.8. The highest BCUT2D eigenvalue weighted by molar-refractivity contribution is 6.43. The molecule has 0 aromatic heterocycles. The molecule has 0 saturated carbocycles. The topological polar surface area (TPSA) is 61.4 Å². The van der Waals surface area contributed by atoms with Gasteiger partial charge in [-0.3, -0.25) is 0 Å². The minimum atomic E-state index is -0.380. The molecule has 0 aliphatic heterocycles. The van der Waals surface area contributed by atoms with Crippen LogP contribution in [0.2, 0.25) is 10.0 Å². The molecule has 0 unspecified atom stereocenters. The zero-order valence-electron chi connectivity index (χ0n) is 9.34. The summed E-state index contributed by atoms with van der Waals surface area (Å²) in [6.07, 6.45) is 0.497. The van der Waals surface area contributed by atoms with Gasteiger partial charge in [0.25, 0.3) is 0 Å². The van der Waals surface area contributed by atoms with Crippen molar-refractivity contribution < 1.29 is 9.90 Å². The van der Waals surface area contributed by atoms with E-state index in [0.717, 1.165) is 0 Å². The largest absolute Gasteiger partial charge is 0.396 e. The molecule has 1 aromatic rings. The first-order valence-electron chi connectivity index (χ1n) is 5.17. The number of carbonyl (C=O) groups is 1. The van der Waals surface area contributed by atoms with Crippen molar-refractivity contribution in [2.45, 2.75) is 19.4 Å². The number of aliphatic hydroxyl groups excluding tert-OH is 1. The standard InChI is InChI=1S/C11H14Cl2N2O2/c1-7(5-6-16)14-11(17)15-9-4-2-3-8(12)10(9)13/h2-4,7,16H,5-6H2,1H3,(H2,14,15,17)/t7-/m1/s1. The normalized spacial score (nSPS) is 12.0. The van der Waals surface area contributed by atoms with Crippen LogP contribution in [0.4, 0.5) is 10.5 Å². The Morgan fingerprint density at radius 2 is 2.18 bits per heavy atom. The number of aliphatic hydroxyl groups is 1. The van der Waals surface area contributed by atoms with E-state index in [0.29, 0.717) is 22.2 Å². The third-order valence-corrected chi connectivity index (χ3v) is 2.96. The molecule has 2 amide bonds. The highest BCUT2D eigenvalue weighted by Gasteiger charge is 2.10. The predicted molar refractivity (Wildman–Crippen MR) is 69.8 cm³/mol. The second kappa shape index (κ2) is 6.69. The molecule has 4 nitrogen and oxygen atoms in total. The Bertz CT molecular complexity index is 399. The van der Waals surface area contributed by atoms with E-state index in [1.54, 1.807) is 25.1 Å². The quantitative estimate of drug-likeness (QED) is 0.792. The lowest BCUT2D eigenvalue weighted by Crippen LogP contribution is -2.36. The summed E-state index contributed by atoms with van der Waals surface area (Å²) in [6, 6.07) is 4.50. The lowest BCUT2D eigenvalue weighted by molar-refractivity contribution is 0.241. The van der Waals surface area contributed by atoms with Crippen LogP contribution in [0.1, 0.15) is 13.3 Å². The van der Waals surface area contributed by atoms with Crippen LogP contribution < -0.4 is 10.6 Å². The fraction of sp³-hybridized carbons (Fsp3) is 0.364. The van der Waals surface area contributed by atoms with Gasteiger partial charge in [0.15, 0.2) is 0 Å². The van der Waals surface area contributed by atoms with Gasteiger partial charge >= 0.3 is 6.03 Å².